The van der Waals surface area contributed by atoms with Gasteiger partial charge < -0.3 is 15.8 Å². The summed E-state index contributed by atoms with van der Waals surface area (Å²) in [6.07, 6.45) is 2.19. The molecular formula is C26H26F3N7O2. The number of rotatable bonds is 9. The molecule has 0 aliphatic rings. The summed E-state index contributed by atoms with van der Waals surface area (Å²) in [6.45, 7) is 4.00. The lowest BCUT2D eigenvalue weighted by Crippen LogP contribution is -2.30. The zero-order chi connectivity index (χ0) is 27.6. The van der Waals surface area contributed by atoms with Gasteiger partial charge >= 0.3 is 0 Å². The van der Waals surface area contributed by atoms with Gasteiger partial charge in [0, 0.05) is 18.2 Å². The number of ether oxygens (including phenoxy) is 1. The van der Waals surface area contributed by atoms with E-state index in [0.29, 0.717) is 12.8 Å². The molecule has 1 atom stereocenters. The highest BCUT2D eigenvalue weighted by Crippen LogP contribution is 2.29. The highest BCUT2D eigenvalue weighted by molar-refractivity contribution is 6.16. The van der Waals surface area contributed by atoms with Crippen LogP contribution < -0.4 is 21.3 Å². The first-order chi connectivity index (χ1) is 18.2. The van der Waals surface area contributed by atoms with Crippen LogP contribution in [0.15, 0.2) is 41.5 Å². The van der Waals surface area contributed by atoms with Crippen LogP contribution in [0.25, 0.3) is 10.9 Å². The molecule has 2 heterocycles. The number of methoxy groups -OCH3 is 1. The predicted octanol–water partition coefficient (Wildman–Crippen LogP) is 4.58. The number of nitrogens with one attached hydrogen (secondary N) is 2. The van der Waals surface area contributed by atoms with Crippen molar-refractivity contribution in [3.8, 4) is 5.75 Å². The fourth-order valence-electron chi connectivity index (χ4n) is 4.17. The van der Waals surface area contributed by atoms with E-state index in [1.165, 1.54) is 30.1 Å². The summed E-state index contributed by atoms with van der Waals surface area (Å²) < 4.78 is 48.6. The maximum atomic E-state index is 14.4. The average Bonchev–Trinajstić information content (AvgIpc) is 2.90. The second kappa shape index (κ2) is 10.9. The number of nitrogen functional groups attached to an aromatic ring is 1. The van der Waals surface area contributed by atoms with Gasteiger partial charge in [-0.3, -0.25) is 14.8 Å². The summed E-state index contributed by atoms with van der Waals surface area (Å²) in [7, 11) is 1.34. The lowest BCUT2D eigenvalue weighted by Gasteiger charge is -2.23. The van der Waals surface area contributed by atoms with Crippen molar-refractivity contribution in [1.82, 2.24) is 19.5 Å². The lowest BCUT2D eigenvalue weighted by molar-refractivity contribution is 0.386. The van der Waals surface area contributed by atoms with E-state index in [2.05, 4.69) is 20.3 Å². The topological polar surface area (TPSA) is 132 Å². The minimum atomic E-state index is -1.13. The van der Waals surface area contributed by atoms with Gasteiger partial charge in [-0.1, -0.05) is 13.8 Å². The smallest absolute Gasteiger partial charge is 0.261 e. The Bertz CT molecular complexity index is 1590. The number of fused-ring (bicyclic) bond motifs is 1. The number of anilines is 2. The van der Waals surface area contributed by atoms with Crippen molar-refractivity contribution in [1.29, 1.82) is 5.41 Å². The number of hydrogen-bond donors (Lipinski definition) is 3. The van der Waals surface area contributed by atoms with E-state index < -0.39 is 29.1 Å². The highest BCUT2D eigenvalue weighted by atomic mass is 19.2. The molecule has 0 spiro atoms. The summed E-state index contributed by atoms with van der Waals surface area (Å²) in [5.41, 5.74) is 5.82. The Balaban J connectivity index is 1.82. The van der Waals surface area contributed by atoms with Crippen LogP contribution >= 0.6 is 0 Å². The van der Waals surface area contributed by atoms with Crippen LogP contribution in [0.4, 0.5) is 24.8 Å². The molecule has 0 aliphatic heterocycles. The number of hydrogen-bond acceptors (Lipinski definition) is 8. The fraction of sp³-hybridized carbons (Fsp3) is 0.269. The van der Waals surface area contributed by atoms with Crippen LogP contribution in [-0.2, 0) is 6.54 Å². The molecule has 1 unspecified atom stereocenters. The maximum absolute atomic E-state index is 14.4. The minimum Gasteiger partial charge on any atom is -0.494 e. The maximum Gasteiger partial charge on any atom is 0.261 e. The summed E-state index contributed by atoms with van der Waals surface area (Å²) >= 11 is 0. The van der Waals surface area contributed by atoms with Gasteiger partial charge in [-0.05, 0) is 37.1 Å². The highest BCUT2D eigenvalue weighted by Gasteiger charge is 2.24. The van der Waals surface area contributed by atoms with Crippen molar-refractivity contribution in [3.05, 3.63) is 81.4 Å². The zero-order valence-corrected chi connectivity index (χ0v) is 21.0. The van der Waals surface area contributed by atoms with Gasteiger partial charge in [0.1, 0.15) is 23.8 Å². The normalized spacial score (nSPS) is 11.9. The molecule has 0 aliphatic carbocycles. The molecule has 0 radical (unpaired) electrons. The molecule has 4 N–H and O–H groups in total. The summed E-state index contributed by atoms with van der Waals surface area (Å²) in [6, 6.07) is 5.15. The molecule has 0 saturated carbocycles. The molecule has 0 fully saturated rings. The quantitative estimate of drug-likeness (QED) is 0.273. The molecule has 38 heavy (non-hydrogen) atoms. The van der Waals surface area contributed by atoms with Gasteiger partial charge in [-0.25, -0.2) is 28.1 Å². The van der Waals surface area contributed by atoms with Crippen LogP contribution in [0, 0.1) is 22.9 Å². The van der Waals surface area contributed by atoms with Crippen molar-refractivity contribution in [2.75, 3.05) is 18.2 Å². The van der Waals surface area contributed by atoms with Gasteiger partial charge in [0.2, 0.25) is 0 Å². The predicted molar refractivity (Wildman–Crippen MR) is 138 cm³/mol. The third-order valence-corrected chi connectivity index (χ3v) is 6.07. The third kappa shape index (κ3) is 4.89. The van der Waals surface area contributed by atoms with E-state index >= 15 is 0 Å². The number of aromatic nitrogens is 4. The van der Waals surface area contributed by atoms with Crippen molar-refractivity contribution in [3.63, 3.8) is 0 Å². The monoisotopic (exact) mass is 525 g/mol. The van der Waals surface area contributed by atoms with E-state index in [9.17, 15) is 18.0 Å². The Hall–Kier alpha value is -4.48. The second-order valence-electron chi connectivity index (χ2n) is 8.52. The van der Waals surface area contributed by atoms with Crippen molar-refractivity contribution >= 4 is 28.3 Å². The number of halogens is 3. The van der Waals surface area contributed by atoms with E-state index in [-0.39, 0.29) is 57.5 Å². The summed E-state index contributed by atoms with van der Waals surface area (Å²) in [4.78, 5) is 26.0. The molecule has 0 bridgehead atoms. The van der Waals surface area contributed by atoms with Crippen LogP contribution in [0.1, 0.15) is 49.7 Å². The van der Waals surface area contributed by atoms with Crippen LogP contribution in [0.3, 0.4) is 0 Å². The minimum absolute atomic E-state index is 0.0142. The van der Waals surface area contributed by atoms with E-state index in [0.717, 1.165) is 18.2 Å². The Labute approximate surface area is 216 Å². The van der Waals surface area contributed by atoms with E-state index in [1.807, 2.05) is 13.8 Å². The molecule has 2 aromatic heterocycles. The standard InChI is InChI=1S/C26H26F3N7O2/c1-4-8-36-25(35-19-11-16(28)15(27)10-14(19)26(36)37)18(5-2)34-24-21(23(31)32-12-33-24)22(30)13-6-7-20(38-3)17(29)9-13/h6-7,9-12,18,30H,4-5,8H2,1-3H3,(H3,31,32,33,34). The third-order valence-electron chi connectivity index (χ3n) is 6.07. The van der Waals surface area contributed by atoms with Crippen molar-refractivity contribution in [2.45, 2.75) is 39.3 Å². The molecule has 9 nitrogen and oxygen atoms in total. The van der Waals surface area contributed by atoms with Gasteiger partial charge in [-0.15, -0.1) is 0 Å². The molecule has 4 rings (SSSR count). The Morgan fingerprint density at radius 1 is 1.13 bits per heavy atom. The van der Waals surface area contributed by atoms with Crippen molar-refractivity contribution in [2.24, 2.45) is 0 Å². The largest absolute Gasteiger partial charge is 0.494 e. The molecule has 4 aromatic rings. The summed E-state index contributed by atoms with van der Waals surface area (Å²) in [5.74, 6) is -2.46. The lowest BCUT2D eigenvalue weighted by atomic mass is 10.0. The first-order valence-corrected chi connectivity index (χ1v) is 11.9. The molecule has 0 amide bonds. The number of benzene rings is 2. The molecule has 198 valence electrons. The Kier molecular flexibility index (Phi) is 7.60. The molecule has 2 aromatic carbocycles. The van der Waals surface area contributed by atoms with Crippen LogP contribution in [0.5, 0.6) is 5.75 Å². The van der Waals surface area contributed by atoms with E-state index in [4.69, 9.17) is 15.9 Å². The van der Waals surface area contributed by atoms with Crippen LogP contribution in [0.2, 0.25) is 0 Å². The molecular weight excluding hydrogens is 499 g/mol. The fourth-order valence-corrected chi connectivity index (χ4v) is 4.17. The van der Waals surface area contributed by atoms with E-state index in [1.54, 1.807) is 0 Å². The number of nitrogens with zero attached hydrogens (tertiary/aromatic N) is 4. The first kappa shape index (κ1) is 26.6. The van der Waals surface area contributed by atoms with Gasteiger partial charge in [0.15, 0.2) is 23.2 Å². The van der Waals surface area contributed by atoms with Crippen molar-refractivity contribution < 1.29 is 17.9 Å². The van der Waals surface area contributed by atoms with Gasteiger partial charge in [0.25, 0.3) is 5.56 Å². The first-order valence-electron chi connectivity index (χ1n) is 11.9. The number of nitrogens with two attached hydrogens (primary N) is 1. The molecule has 12 heteroatoms. The zero-order valence-electron chi connectivity index (χ0n) is 21.0. The SMILES string of the molecule is CCCn1c(C(CC)Nc2ncnc(N)c2C(=N)c2ccc(OC)c(F)c2)nc2cc(F)c(F)cc2c1=O. The molecule has 0 saturated heterocycles. The van der Waals surface area contributed by atoms with Gasteiger partial charge in [-0.2, -0.15) is 0 Å². The Morgan fingerprint density at radius 2 is 1.87 bits per heavy atom. The Morgan fingerprint density at radius 3 is 2.53 bits per heavy atom. The average molecular weight is 526 g/mol. The second-order valence-corrected chi connectivity index (χ2v) is 8.52. The summed E-state index contributed by atoms with van der Waals surface area (Å²) in [5, 5.41) is 11.9. The van der Waals surface area contributed by atoms with Crippen LogP contribution in [-0.4, -0.2) is 32.3 Å². The van der Waals surface area contributed by atoms with Gasteiger partial charge in [0.05, 0.1) is 35.3 Å².